The van der Waals surface area contributed by atoms with Crippen LogP contribution in [0.25, 0.3) is 0 Å². The van der Waals surface area contributed by atoms with Gasteiger partial charge in [0.1, 0.15) is 19.2 Å². The molecule has 7 nitrogen and oxygen atoms in total. The van der Waals surface area contributed by atoms with E-state index in [1.54, 1.807) is 34.9 Å². The van der Waals surface area contributed by atoms with Crippen LogP contribution in [0.2, 0.25) is 10.0 Å². The molecule has 1 fully saturated rings. The number of carbonyl (C=O) groups excluding carboxylic acids is 1. The van der Waals surface area contributed by atoms with Crippen molar-refractivity contribution in [3.63, 3.8) is 0 Å². The lowest BCUT2D eigenvalue weighted by Gasteiger charge is -2.29. The zero-order chi connectivity index (χ0) is 21.8. The highest BCUT2D eigenvalue weighted by atomic mass is 35.5. The van der Waals surface area contributed by atoms with E-state index >= 15 is 0 Å². The summed E-state index contributed by atoms with van der Waals surface area (Å²) in [7, 11) is 0. The van der Waals surface area contributed by atoms with Gasteiger partial charge in [0.25, 0.3) is 0 Å². The Balaban J connectivity index is 1.47. The molecule has 2 atom stereocenters. The molecule has 31 heavy (non-hydrogen) atoms. The molecule has 2 aromatic carbocycles. The number of hydrogen-bond donors (Lipinski definition) is 1. The van der Waals surface area contributed by atoms with Gasteiger partial charge in [-0.25, -0.2) is 9.67 Å². The van der Waals surface area contributed by atoms with Gasteiger partial charge >= 0.3 is 0 Å². The highest BCUT2D eigenvalue weighted by Gasteiger charge is 2.45. The molecule has 1 aliphatic rings. The minimum atomic E-state index is -1.09. The molecule has 0 saturated carbocycles. The van der Waals surface area contributed by atoms with Gasteiger partial charge in [-0.1, -0.05) is 29.3 Å². The summed E-state index contributed by atoms with van der Waals surface area (Å²) >= 11 is 14.2. The highest BCUT2D eigenvalue weighted by molar-refractivity contribution is 7.99. The van der Waals surface area contributed by atoms with Crippen molar-refractivity contribution in [3.05, 3.63) is 70.7 Å². The topological polar surface area (TPSA) is 78.3 Å². The van der Waals surface area contributed by atoms with Crippen LogP contribution in [-0.4, -0.2) is 39.1 Å². The molecule has 1 aliphatic heterocycles. The second-order valence-corrected chi connectivity index (χ2v) is 8.97. The molecule has 4 rings (SSSR count). The fourth-order valence-electron chi connectivity index (χ4n) is 3.31. The average Bonchev–Trinajstić information content (AvgIpc) is 3.38. The van der Waals surface area contributed by atoms with Gasteiger partial charge in [-0.05, 0) is 36.4 Å². The van der Waals surface area contributed by atoms with Gasteiger partial charge in [-0.3, -0.25) is 4.79 Å². The first-order valence-electron chi connectivity index (χ1n) is 9.54. The van der Waals surface area contributed by atoms with Crippen molar-refractivity contribution in [1.82, 2.24) is 14.8 Å². The number of benzene rings is 2. The maximum Gasteiger partial charge on any atom is 0.221 e. The molecule has 1 amide bonds. The minimum absolute atomic E-state index is 0.0958. The van der Waals surface area contributed by atoms with Crippen LogP contribution >= 0.6 is 35.0 Å². The Morgan fingerprint density at radius 3 is 2.77 bits per heavy atom. The van der Waals surface area contributed by atoms with E-state index in [4.69, 9.17) is 32.7 Å². The van der Waals surface area contributed by atoms with Crippen LogP contribution in [0.3, 0.4) is 0 Å². The molecule has 1 saturated heterocycles. The second kappa shape index (κ2) is 9.58. The van der Waals surface area contributed by atoms with Crippen molar-refractivity contribution in [1.29, 1.82) is 0 Å². The van der Waals surface area contributed by atoms with E-state index in [1.807, 2.05) is 30.3 Å². The minimum Gasteiger partial charge on any atom is -0.342 e. The number of nitrogens with one attached hydrogen (secondary N) is 1. The first kappa shape index (κ1) is 22.1. The molecule has 1 N–H and O–H groups in total. The van der Waals surface area contributed by atoms with Crippen molar-refractivity contribution in [2.75, 3.05) is 17.7 Å². The number of ether oxygens (including phenoxy) is 2. The number of nitrogens with zero attached hydrogens (tertiary/aromatic N) is 3. The van der Waals surface area contributed by atoms with Gasteiger partial charge in [0.15, 0.2) is 0 Å². The van der Waals surface area contributed by atoms with Crippen molar-refractivity contribution in [2.24, 2.45) is 0 Å². The molecule has 2 unspecified atom stereocenters. The molecule has 162 valence electrons. The summed E-state index contributed by atoms with van der Waals surface area (Å²) < 4.78 is 14.3. The molecule has 0 spiro atoms. The fourth-order valence-corrected chi connectivity index (χ4v) is 4.73. The molecule has 10 heteroatoms. The summed E-state index contributed by atoms with van der Waals surface area (Å²) in [6.07, 6.45) is 2.91. The Kier molecular flexibility index (Phi) is 6.83. The van der Waals surface area contributed by atoms with Gasteiger partial charge in [0, 0.05) is 33.8 Å². The lowest BCUT2D eigenvalue weighted by molar-refractivity contribution is -0.186. The van der Waals surface area contributed by atoms with E-state index in [0.29, 0.717) is 34.5 Å². The summed E-state index contributed by atoms with van der Waals surface area (Å²) in [6, 6.07) is 12.9. The highest BCUT2D eigenvalue weighted by Crippen LogP contribution is 2.41. The van der Waals surface area contributed by atoms with E-state index in [2.05, 4.69) is 15.4 Å². The normalized spacial score (nSPS) is 20.7. The van der Waals surface area contributed by atoms with Crippen molar-refractivity contribution in [3.8, 4) is 0 Å². The number of anilines is 1. The number of rotatable bonds is 7. The van der Waals surface area contributed by atoms with Crippen molar-refractivity contribution >= 4 is 46.6 Å². The van der Waals surface area contributed by atoms with Gasteiger partial charge in [-0.2, -0.15) is 5.10 Å². The Morgan fingerprint density at radius 1 is 1.29 bits per heavy atom. The van der Waals surface area contributed by atoms with Crippen LogP contribution in [0, 0.1) is 0 Å². The third-order valence-electron chi connectivity index (χ3n) is 4.65. The van der Waals surface area contributed by atoms with E-state index < -0.39 is 5.79 Å². The zero-order valence-electron chi connectivity index (χ0n) is 16.6. The molecule has 0 aliphatic carbocycles. The molecule has 1 aromatic heterocycles. The summed E-state index contributed by atoms with van der Waals surface area (Å²) in [4.78, 5) is 16.2. The lowest BCUT2D eigenvalue weighted by Crippen LogP contribution is -2.34. The number of hydrogen-bond acceptors (Lipinski definition) is 6. The fraction of sp³-hybridized carbons (Fsp3) is 0.286. The largest absolute Gasteiger partial charge is 0.342 e. The van der Waals surface area contributed by atoms with Crippen molar-refractivity contribution < 1.29 is 14.3 Å². The molecular formula is C21H20Cl2N4O3S. The van der Waals surface area contributed by atoms with Crippen LogP contribution in [0.5, 0.6) is 0 Å². The lowest BCUT2D eigenvalue weighted by atomic mass is 10.1. The van der Waals surface area contributed by atoms with E-state index in [1.165, 1.54) is 13.3 Å². The van der Waals surface area contributed by atoms with Gasteiger partial charge < -0.3 is 14.8 Å². The third kappa shape index (κ3) is 5.39. The summed E-state index contributed by atoms with van der Waals surface area (Å²) in [5.74, 6) is -0.499. The number of amides is 1. The number of aromatic nitrogens is 3. The van der Waals surface area contributed by atoms with Crippen LogP contribution < -0.4 is 5.32 Å². The maximum absolute atomic E-state index is 11.2. The van der Waals surface area contributed by atoms with Gasteiger partial charge in [0.2, 0.25) is 11.7 Å². The summed E-state index contributed by atoms with van der Waals surface area (Å²) in [5.41, 5.74) is 1.46. The Morgan fingerprint density at radius 2 is 2.10 bits per heavy atom. The first-order valence-corrected chi connectivity index (χ1v) is 11.3. The Labute approximate surface area is 194 Å². The first-order chi connectivity index (χ1) is 14.9. The maximum atomic E-state index is 11.2. The van der Waals surface area contributed by atoms with Crippen LogP contribution in [0.15, 0.2) is 60.0 Å². The predicted octanol–water partition coefficient (Wildman–Crippen LogP) is 4.60. The molecule has 0 bridgehead atoms. The van der Waals surface area contributed by atoms with E-state index in [0.717, 1.165) is 10.6 Å². The number of carbonyl (C=O) groups is 1. The number of halogens is 2. The number of thioether (sulfide) groups is 1. The van der Waals surface area contributed by atoms with E-state index in [-0.39, 0.29) is 12.0 Å². The van der Waals surface area contributed by atoms with Gasteiger partial charge in [-0.15, -0.1) is 11.8 Å². The Hall–Kier alpha value is -2.10. The third-order valence-corrected chi connectivity index (χ3v) is 6.34. The summed E-state index contributed by atoms with van der Waals surface area (Å²) in [5, 5.41) is 7.95. The standard InChI is InChI=1S/C21H20Cl2N4O3S/c1-14(28)26-16-3-5-18(6-4-16)31-10-17-9-29-21(30-17,11-27-13-24-12-25-27)19-7-2-15(22)8-20(19)23/h2-8,12-13,17H,9-11H2,1H3,(H,26,28). The quantitative estimate of drug-likeness (QED) is 0.499. The van der Waals surface area contributed by atoms with Crippen LogP contribution in [-0.2, 0) is 26.6 Å². The van der Waals surface area contributed by atoms with Crippen LogP contribution in [0.1, 0.15) is 12.5 Å². The summed E-state index contributed by atoms with van der Waals surface area (Å²) in [6.45, 7) is 2.20. The monoisotopic (exact) mass is 478 g/mol. The molecule has 0 radical (unpaired) electrons. The second-order valence-electron chi connectivity index (χ2n) is 7.04. The van der Waals surface area contributed by atoms with Crippen molar-refractivity contribution in [2.45, 2.75) is 30.3 Å². The molecular weight excluding hydrogens is 459 g/mol. The SMILES string of the molecule is CC(=O)Nc1ccc(SCC2COC(Cn3cncn3)(c3ccc(Cl)cc3Cl)O2)cc1. The average molecular weight is 479 g/mol. The smallest absolute Gasteiger partial charge is 0.221 e. The Bertz CT molecular complexity index is 1050. The van der Waals surface area contributed by atoms with E-state index in [9.17, 15) is 4.79 Å². The molecule has 3 aromatic rings. The molecule has 2 heterocycles. The van der Waals surface area contributed by atoms with Gasteiger partial charge in [0.05, 0.1) is 17.7 Å². The predicted molar refractivity (Wildman–Crippen MR) is 120 cm³/mol. The zero-order valence-corrected chi connectivity index (χ0v) is 19.0. The van der Waals surface area contributed by atoms with Crippen LogP contribution in [0.4, 0.5) is 5.69 Å².